The van der Waals surface area contributed by atoms with Gasteiger partial charge in [-0.05, 0) is 12.5 Å². The van der Waals surface area contributed by atoms with Crippen LogP contribution in [0.15, 0.2) is 24.3 Å². The van der Waals surface area contributed by atoms with Gasteiger partial charge in [-0.15, -0.1) is 11.3 Å². The van der Waals surface area contributed by atoms with Gasteiger partial charge in [0, 0.05) is 29.8 Å². The number of fused-ring (bicyclic) bond motifs is 1. The Balaban J connectivity index is 1.94. The molecule has 1 saturated heterocycles. The summed E-state index contributed by atoms with van der Waals surface area (Å²) in [4.78, 5) is 15.1. The van der Waals surface area contributed by atoms with Crippen molar-refractivity contribution >= 4 is 48.8 Å². The Morgan fingerprint density at radius 1 is 1.42 bits per heavy atom. The smallest absolute Gasteiger partial charge is 0.265 e. The summed E-state index contributed by atoms with van der Waals surface area (Å²) in [7, 11) is -1.52. The monoisotopic (exact) mass is 387 g/mol. The summed E-state index contributed by atoms with van der Waals surface area (Å²) in [6, 6.07) is 7.25. The predicted molar refractivity (Wildman–Crippen MR) is 96.8 cm³/mol. The normalized spacial score (nSPS) is 19.7. The number of benzene rings is 1. The van der Waals surface area contributed by atoms with Crippen LogP contribution >= 0.6 is 22.9 Å². The van der Waals surface area contributed by atoms with Gasteiger partial charge in [0.05, 0.1) is 23.1 Å². The fourth-order valence-corrected chi connectivity index (χ4v) is 6.14. The number of rotatable bonds is 5. The molecule has 24 heavy (non-hydrogen) atoms. The zero-order valence-corrected chi connectivity index (χ0v) is 15.6. The predicted octanol–water partition coefficient (Wildman–Crippen LogP) is 2.83. The lowest BCUT2D eigenvalue weighted by atomic mass is 10.2. The fourth-order valence-electron chi connectivity index (χ4n) is 2.94. The number of hydrogen-bond donors (Lipinski definition) is 0. The van der Waals surface area contributed by atoms with Crippen molar-refractivity contribution in [2.75, 3.05) is 31.8 Å². The van der Waals surface area contributed by atoms with Crippen LogP contribution in [0.4, 0.5) is 0 Å². The summed E-state index contributed by atoms with van der Waals surface area (Å²) in [5.74, 6) is -0.0973. The Bertz CT molecular complexity index is 862. The zero-order valence-electron chi connectivity index (χ0n) is 13.2. The molecule has 1 unspecified atom stereocenters. The Hall–Kier alpha value is -1.15. The SMILES string of the molecule is COCCN(C(=O)c1sc2ccccc2c1Cl)C1CCS(=O)(=O)C1. The molecule has 1 aliphatic heterocycles. The number of hydrogen-bond acceptors (Lipinski definition) is 5. The summed E-state index contributed by atoms with van der Waals surface area (Å²) < 4.78 is 29.6. The molecule has 1 amide bonds. The maximum atomic E-state index is 13.0. The summed E-state index contributed by atoms with van der Waals surface area (Å²) in [5.41, 5.74) is 0. The van der Waals surface area contributed by atoms with E-state index in [1.54, 1.807) is 12.0 Å². The molecule has 0 radical (unpaired) electrons. The molecule has 5 nitrogen and oxygen atoms in total. The lowest BCUT2D eigenvalue weighted by Crippen LogP contribution is -2.42. The highest BCUT2D eigenvalue weighted by Crippen LogP contribution is 2.36. The van der Waals surface area contributed by atoms with E-state index in [1.807, 2.05) is 24.3 Å². The molecule has 0 aliphatic carbocycles. The number of nitrogens with zero attached hydrogens (tertiary/aromatic N) is 1. The van der Waals surface area contributed by atoms with Crippen molar-refractivity contribution in [1.29, 1.82) is 0 Å². The first kappa shape index (κ1) is 17.7. The first-order chi connectivity index (χ1) is 11.4. The number of carbonyl (C=O) groups excluding carboxylic acids is 1. The first-order valence-corrected chi connectivity index (χ1v) is 10.6. The van der Waals surface area contributed by atoms with Crippen LogP contribution < -0.4 is 0 Å². The van der Waals surface area contributed by atoms with Gasteiger partial charge in [-0.3, -0.25) is 4.79 Å². The number of carbonyl (C=O) groups is 1. The molecule has 1 atom stereocenters. The third-order valence-electron chi connectivity index (χ3n) is 4.18. The second kappa shape index (κ2) is 7.00. The first-order valence-electron chi connectivity index (χ1n) is 7.60. The molecule has 2 heterocycles. The lowest BCUT2D eigenvalue weighted by Gasteiger charge is -2.27. The minimum atomic E-state index is -3.08. The van der Waals surface area contributed by atoms with Crippen LogP contribution in [0.3, 0.4) is 0 Å². The van der Waals surface area contributed by atoms with Gasteiger partial charge in [-0.1, -0.05) is 29.8 Å². The Morgan fingerprint density at radius 3 is 2.79 bits per heavy atom. The highest BCUT2D eigenvalue weighted by atomic mass is 35.5. The molecule has 2 aromatic rings. The van der Waals surface area contributed by atoms with Crippen LogP contribution in [-0.2, 0) is 14.6 Å². The average Bonchev–Trinajstić information content (AvgIpc) is 3.08. The molecule has 3 rings (SSSR count). The fraction of sp³-hybridized carbons (Fsp3) is 0.438. The van der Waals surface area contributed by atoms with E-state index in [9.17, 15) is 13.2 Å². The van der Waals surface area contributed by atoms with Crippen molar-refractivity contribution in [1.82, 2.24) is 4.90 Å². The van der Waals surface area contributed by atoms with Crippen molar-refractivity contribution < 1.29 is 17.9 Å². The van der Waals surface area contributed by atoms with E-state index in [-0.39, 0.29) is 23.5 Å². The standard InChI is InChI=1S/C16H18ClNO4S2/c1-22-8-7-18(11-6-9-24(20,21)10-11)16(19)15-14(17)12-4-2-3-5-13(12)23-15/h2-5,11H,6-10H2,1H3. The van der Waals surface area contributed by atoms with Crippen molar-refractivity contribution in [2.45, 2.75) is 12.5 Å². The average molecular weight is 388 g/mol. The van der Waals surface area contributed by atoms with Crippen LogP contribution in [0.2, 0.25) is 5.02 Å². The maximum absolute atomic E-state index is 13.0. The van der Waals surface area contributed by atoms with Gasteiger partial charge in [0.2, 0.25) is 0 Å². The number of methoxy groups -OCH3 is 1. The third-order valence-corrected chi connectivity index (χ3v) is 7.59. The largest absolute Gasteiger partial charge is 0.383 e. The molecule has 0 saturated carbocycles. The molecule has 1 aliphatic rings. The zero-order chi connectivity index (χ0) is 17.3. The third kappa shape index (κ3) is 3.44. The molecule has 0 N–H and O–H groups in total. The number of thiophene rings is 1. The highest BCUT2D eigenvalue weighted by molar-refractivity contribution is 7.91. The minimum Gasteiger partial charge on any atom is -0.383 e. The van der Waals surface area contributed by atoms with E-state index in [2.05, 4.69) is 0 Å². The van der Waals surface area contributed by atoms with E-state index >= 15 is 0 Å². The van der Waals surface area contributed by atoms with E-state index in [4.69, 9.17) is 16.3 Å². The number of amides is 1. The summed E-state index contributed by atoms with van der Waals surface area (Å²) >= 11 is 7.75. The second-order valence-corrected chi connectivity index (χ2v) is 9.45. The summed E-state index contributed by atoms with van der Waals surface area (Å²) in [6.07, 6.45) is 0.459. The van der Waals surface area contributed by atoms with E-state index in [0.29, 0.717) is 29.5 Å². The van der Waals surface area contributed by atoms with Crippen molar-refractivity contribution in [3.05, 3.63) is 34.2 Å². The van der Waals surface area contributed by atoms with E-state index in [1.165, 1.54) is 11.3 Å². The van der Waals surface area contributed by atoms with Crippen molar-refractivity contribution in [3.63, 3.8) is 0 Å². The summed E-state index contributed by atoms with van der Waals surface area (Å²) in [6.45, 7) is 0.699. The van der Waals surface area contributed by atoms with Crippen molar-refractivity contribution in [3.8, 4) is 0 Å². The minimum absolute atomic E-state index is 0.00493. The Kier molecular flexibility index (Phi) is 5.15. The lowest BCUT2D eigenvalue weighted by molar-refractivity contribution is 0.0629. The summed E-state index contributed by atoms with van der Waals surface area (Å²) in [5, 5.41) is 1.28. The van der Waals surface area contributed by atoms with Gasteiger partial charge in [0.25, 0.3) is 5.91 Å². The van der Waals surface area contributed by atoms with E-state index < -0.39 is 9.84 Å². The number of sulfone groups is 1. The van der Waals surface area contributed by atoms with Crippen LogP contribution in [-0.4, -0.2) is 57.0 Å². The second-order valence-electron chi connectivity index (χ2n) is 5.79. The van der Waals surface area contributed by atoms with Crippen LogP contribution in [0, 0.1) is 0 Å². The molecular weight excluding hydrogens is 370 g/mol. The van der Waals surface area contributed by atoms with Gasteiger partial charge in [0.1, 0.15) is 4.88 Å². The maximum Gasteiger partial charge on any atom is 0.265 e. The Morgan fingerprint density at radius 2 is 2.17 bits per heavy atom. The number of ether oxygens (including phenoxy) is 1. The van der Waals surface area contributed by atoms with E-state index in [0.717, 1.165) is 10.1 Å². The number of halogens is 1. The van der Waals surface area contributed by atoms with Crippen LogP contribution in [0.5, 0.6) is 0 Å². The van der Waals surface area contributed by atoms with Gasteiger partial charge in [0.15, 0.2) is 9.84 Å². The quantitative estimate of drug-likeness (QED) is 0.791. The highest BCUT2D eigenvalue weighted by Gasteiger charge is 2.36. The van der Waals surface area contributed by atoms with Gasteiger partial charge < -0.3 is 9.64 Å². The van der Waals surface area contributed by atoms with Crippen LogP contribution in [0.1, 0.15) is 16.1 Å². The van der Waals surface area contributed by atoms with Gasteiger partial charge >= 0.3 is 0 Å². The van der Waals surface area contributed by atoms with Gasteiger partial charge in [-0.25, -0.2) is 8.42 Å². The van der Waals surface area contributed by atoms with Crippen molar-refractivity contribution in [2.24, 2.45) is 0 Å². The molecule has 1 fully saturated rings. The van der Waals surface area contributed by atoms with Gasteiger partial charge in [-0.2, -0.15) is 0 Å². The molecule has 0 bridgehead atoms. The molecule has 0 spiro atoms. The Labute approximate surface area is 150 Å². The van der Waals surface area contributed by atoms with Crippen LogP contribution in [0.25, 0.3) is 10.1 Å². The molecule has 1 aromatic heterocycles. The topological polar surface area (TPSA) is 63.7 Å². The molecule has 130 valence electrons. The molecule has 8 heteroatoms. The molecule has 1 aromatic carbocycles. The molecular formula is C16H18ClNO4S2.